The molecule has 4 rings (SSSR count). The minimum atomic E-state index is -0.768. The molecule has 0 spiro atoms. The fraction of sp³-hybridized carbons (Fsp3) is 0.241. The molecule has 3 aromatic rings. The highest BCUT2D eigenvalue weighted by molar-refractivity contribution is 6.31. The number of nitrogens with one attached hydrogen (secondary N) is 1. The summed E-state index contributed by atoms with van der Waals surface area (Å²) in [6.07, 6.45) is 0.657. The lowest BCUT2D eigenvalue weighted by Crippen LogP contribution is -2.49. The van der Waals surface area contributed by atoms with Crippen LogP contribution in [0.4, 0.5) is 0 Å². The standard InChI is InChI=1S/C29H28ClN3O4/c1-31-27(35)25(18-20-10-3-2-4-11-20)33(19-21-12-5-8-15-24(21)30)26(34)16-9-17-32-28(36)22-13-6-7-14-23(22)29(32)37/h2-8,10-15,25H,9,16-19H2,1H3,(H,31,35)/t25-/m1/s1. The maximum absolute atomic E-state index is 13.6. The normalized spacial score (nSPS) is 13.3. The molecule has 0 aliphatic carbocycles. The minimum absolute atomic E-state index is 0.0557. The first kappa shape index (κ1) is 26.1. The summed E-state index contributed by atoms with van der Waals surface area (Å²) in [4.78, 5) is 54.6. The summed E-state index contributed by atoms with van der Waals surface area (Å²) < 4.78 is 0. The number of hydrogen-bond acceptors (Lipinski definition) is 4. The van der Waals surface area contributed by atoms with Gasteiger partial charge in [0, 0.05) is 38.0 Å². The maximum Gasteiger partial charge on any atom is 0.261 e. The molecular weight excluding hydrogens is 490 g/mol. The summed E-state index contributed by atoms with van der Waals surface area (Å²) in [5.41, 5.74) is 2.39. The van der Waals surface area contributed by atoms with Crippen molar-refractivity contribution in [2.75, 3.05) is 13.6 Å². The number of imide groups is 1. The van der Waals surface area contributed by atoms with E-state index in [4.69, 9.17) is 11.6 Å². The number of carbonyl (C=O) groups excluding carboxylic acids is 4. The molecule has 0 fully saturated rings. The molecule has 37 heavy (non-hydrogen) atoms. The summed E-state index contributed by atoms with van der Waals surface area (Å²) in [5, 5.41) is 3.18. The monoisotopic (exact) mass is 517 g/mol. The molecule has 4 amide bonds. The lowest BCUT2D eigenvalue weighted by atomic mass is 10.0. The predicted molar refractivity (Wildman–Crippen MR) is 141 cm³/mol. The van der Waals surface area contributed by atoms with E-state index in [0.717, 1.165) is 11.1 Å². The average molecular weight is 518 g/mol. The molecule has 1 N–H and O–H groups in total. The third-order valence-electron chi connectivity index (χ3n) is 6.47. The zero-order valence-corrected chi connectivity index (χ0v) is 21.3. The van der Waals surface area contributed by atoms with E-state index in [9.17, 15) is 19.2 Å². The van der Waals surface area contributed by atoms with E-state index in [0.29, 0.717) is 22.6 Å². The molecule has 3 aromatic carbocycles. The van der Waals surface area contributed by atoms with Gasteiger partial charge in [-0.3, -0.25) is 24.1 Å². The number of fused-ring (bicyclic) bond motifs is 1. The van der Waals surface area contributed by atoms with Crippen LogP contribution in [0.3, 0.4) is 0 Å². The summed E-state index contributed by atoms with van der Waals surface area (Å²) in [6, 6.07) is 22.6. The van der Waals surface area contributed by atoms with Crippen molar-refractivity contribution < 1.29 is 19.2 Å². The quantitative estimate of drug-likeness (QED) is 0.410. The van der Waals surface area contributed by atoms with Crippen molar-refractivity contribution in [3.05, 3.63) is 106 Å². The van der Waals surface area contributed by atoms with Crippen LogP contribution in [0.1, 0.15) is 44.7 Å². The number of rotatable bonds is 10. The Morgan fingerprint density at radius 2 is 1.49 bits per heavy atom. The van der Waals surface area contributed by atoms with E-state index in [1.54, 1.807) is 43.4 Å². The van der Waals surface area contributed by atoms with Gasteiger partial charge in [0.1, 0.15) is 6.04 Å². The van der Waals surface area contributed by atoms with Gasteiger partial charge in [-0.05, 0) is 35.7 Å². The highest BCUT2D eigenvalue weighted by atomic mass is 35.5. The van der Waals surface area contributed by atoms with Gasteiger partial charge in [-0.25, -0.2) is 0 Å². The molecule has 0 saturated heterocycles. The minimum Gasteiger partial charge on any atom is -0.357 e. The third-order valence-corrected chi connectivity index (χ3v) is 6.84. The number of carbonyl (C=O) groups is 4. The second-order valence-corrected chi connectivity index (χ2v) is 9.25. The first-order valence-electron chi connectivity index (χ1n) is 12.1. The van der Waals surface area contributed by atoms with Crippen molar-refractivity contribution in [1.82, 2.24) is 15.1 Å². The lowest BCUT2D eigenvalue weighted by molar-refractivity contribution is -0.141. The number of amides is 4. The largest absolute Gasteiger partial charge is 0.357 e. The smallest absolute Gasteiger partial charge is 0.261 e. The molecule has 0 saturated carbocycles. The van der Waals surface area contributed by atoms with Crippen molar-refractivity contribution in [2.45, 2.75) is 31.8 Å². The molecule has 0 bridgehead atoms. The third kappa shape index (κ3) is 5.89. The molecule has 1 aliphatic rings. The van der Waals surface area contributed by atoms with Gasteiger partial charge in [0.2, 0.25) is 11.8 Å². The Labute approximate surface area is 221 Å². The first-order chi connectivity index (χ1) is 17.9. The van der Waals surface area contributed by atoms with E-state index in [1.807, 2.05) is 42.5 Å². The number of nitrogens with zero attached hydrogens (tertiary/aromatic N) is 2. The van der Waals surface area contributed by atoms with E-state index < -0.39 is 6.04 Å². The highest BCUT2D eigenvalue weighted by Crippen LogP contribution is 2.24. The van der Waals surface area contributed by atoms with Crippen molar-refractivity contribution >= 4 is 35.2 Å². The van der Waals surface area contributed by atoms with Crippen molar-refractivity contribution in [3.8, 4) is 0 Å². The van der Waals surface area contributed by atoms with Gasteiger partial charge in [0.05, 0.1) is 11.1 Å². The Bertz CT molecular complexity index is 1280. The van der Waals surface area contributed by atoms with E-state index in [2.05, 4.69) is 5.32 Å². The Morgan fingerprint density at radius 3 is 2.11 bits per heavy atom. The van der Waals surface area contributed by atoms with Crippen LogP contribution < -0.4 is 5.32 Å². The van der Waals surface area contributed by atoms with Crippen LogP contribution in [0, 0.1) is 0 Å². The topological polar surface area (TPSA) is 86.8 Å². The zero-order chi connectivity index (χ0) is 26.4. The Balaban J connectivity index is 1.52. The molecule has 1 aliphatic heterocycles. The average Bonchev–Trinajstić information content (AvgIpc) is 3.16. The maximum atomic E-state index is 13.6. The van der Waals surface area contributed by atoms with Gasteiger partial charge in [-0.15, -0.1) is 0 Å². The van der Waals surface area contributed by atoms with Crippen LogP contribution >= 0.6 is 11.6 Å². The van der Waals surface area contributed by atoms with Gasteiger partial charge in [-0.2, -0.15) is 0 Å². The van der Waals surface area contributed by atoms with Crippen LogP contribution in [0.5, 0.6) is 0 Å². The van der Waals surface area contributed by atoms with E-state index in [-0.39, 0.29) is 49.6 Å². The molecule has 0 unspecified atom stereocenters. The van der Waals surface area contributed by atoms with Crippen LogP contribution in [0.25, 0.3) is 0 Å². The number of hydrogen-bond donors (Lipinski definition) is 1. The van der Waals surface area contributed by atoms with Crippen LogP contribution in [0.2, 0.25) is 5.02 Å². The molecule has 1 heterocycles. The highest BCUT2D eigenvalue weighted by Gasteiger charge is 2.35. The Hall–Kier alpha value is -3.97. The summed E-state index contributed by atoms with van der Waals surface area (Å²) in [7, 11) is 1.54. The Morgan fingerprint density at radius 1 is 0.892 bits per heavy atom. The molecule has 0 radical (unpaired) electrons. The van der Waals surface area contributed by atoms with E-state index in [1.165, 1.54) is 9.80 Å². The SMILES string of the molecule is CNC(=O)[C@@H](Cc1ccccc1)N(Cc1ccccc1Cl)C(=O)CCCN1C(=O)c2ccccc2C1=O. The van der Waals surface area contributed by atoms with Crippen LogP contribution in [0.15, 0.2) is 78.9 Å². The molecule has 8 heteroatoms. The second kappa shape index (κ2) is 11.8. The number of likely N-dealkylation sites (N-methyl/N-ethyl adjacent to an activating group) is 1. The fourth-order valence-corrected chi connectivity index (χ4v) is 4.70. The van der Waals surface area contributed by atoms with Crippen molar-refractivity contribution in [3.63, 3.8) is 0 Å². The van der Waals surface area contributed by atoms with Gasteiger partial charge in [0.25, 0.3) is 11.8 Å². The predicted octanol–water partition coefficient (Wildman–Crippen LogP) is 4.10. The Kier molecular flexibility index (Phi) is 8.36. The number of halogens is 1. The molecule has 1 atom stereocenters. The fourth-order valence-electron chi connectivity index (χ4n) is 4.50. The number of benzene rings is 3. The summed E-state index contributed by atoms with van der Waals surface area (Å²) in [6.45, 7) is 0.262. The molecule has 0 aromatic heterocycles. The summed E-state index contributed by atoms with van der Waals surface area (Å²) >= 11 is 6.40. The van der Waals surface area contributed by atoms with Gasteiger partial charge in [0.15, 0.2) is 0 Å². The van der Waals surface area contributed by atoms with E-state index >= 15 is 0 Å². The molecule has 190 valence electrons. The van der Waals surface area contributed by atoms with Crippen molar-refractivity contribution in [1.29, 1.82) is 0 Å². The van der Waals surface area contributed by atoms with Gasteiger partial charge in [-0.1, -0.05) is 72.3 Å². The molecule has 7 nitrogen and oxygen atoms in total. The van der Waals surface area contributed by atoms with Gasteiger partial charge < -0.3 is 10.2 Å². The summed E-state index contributed by atoms with van der Waals surface area (Å²) in [5.74, 6) is -1.26. The van der Waals surface area contributed by atoms with Crippen LogP contribution in [-0.4, -0.2) is 53.1 Å². The van der Waals surface area contributed by atoms with Gasteiger partial charge >= 0.3 is 0 Å². The zero-order valence-electron chi connectivity index (χ0n) is 20.5. The second-order valence-electron chi connectivity index (χ2n) is 8.84. The first-order valence-corrected chi connectivity index (χ1v) is 12.5. The lowest BCUT2D eigenvalue weighted by Gasteiger charge is -2.31. The van der Waals surface area contributed by atoms with Crippen molar-refractivity contribution in [2.24, 2.45) is 0 Å². The molecular formula is C29H28ClN3O4. The van der Waals surface area contributed by atoms with Crippen LogP contribution in [-0.2, 0) is 22.6 Å².